The van der Waals surface area contributed by atoms with Crippen molar-refractivity contribution in [2.24, 2.45) is 0 Å². The van der Waals surface area contributed by atoms with Crippen LogP contribution in [0.3, 0.4) is 0 Å². The van der Waals surface area contributed by atoms with Crippen molar-refractivity contribution in [3.8, 4) is 0 Å². The SMILES string of the molecule is O=C(CC1c2cccn2CCN1S(=O)(=O)c1ccccc1C(F)(F)F)NC1CCc2cc(CN3CCCCC3)ccc2C1. The Hall–Kier alpha value is -3.15. The van der Waals surface area contributed by atoms with Crippen LogP contribution in [0.25, 0.3) is 0 Å². The van der Waals surface area contributed by atoms with Crippen molar-refractivity contribution in [1.29, 1.82) is 0 Å². The summed E-state index contributed by atoms with van der Waals surface area (Å²) in [4.78, 5) is 15.1. The van der Waals surface area contributed by atoms with Crippen LogP contribution < -0.4 is 5.32 Å². The molecule has 1 fully saturated rings. The summed E-state index contributed by atoms with van der Waals surface area (Å²) < 4.78 is 71.8. The second-order valence-corrected chi connectivity index (χ2v) is 13.8. The second kappa shape index (κ2) is 12.1. The molecule has 1 aliphatic carbocycles. The molecule has 11 heteroatoms. The summed E-state index contributed by atoms with van der Waals surface area (Å²) in [5.74, 6) is -0.320. The Kier molecular flexibility index (Phi) is 8.41. The fourth-order valence-corrected chi connectivity index (χ4v) is 8.66. The van der Waals surface area contributed by atoms with E-state index in [0.29, 0.717) is 12.1 Å². The number of rotatable bonds is 7. The van der Waals surface area contributed by atoms with Gasteiger partial charge in [0.15, 0.2) is 0 Å². The maximum atomic E-state index is 13.8. The van der Waals surface area contributed by atoms with Gasteiger partial charge in [-0.15, -0.1) is 0 Å². The minimum atomic E-state index is -4.84. The van der Waals surface area contributed by atoms with E-state index in [1.165, 1.54) is 48.1 Å². The highest BCUT2D eigenvalue weighted by Crippen LogP contribution is 2.39. The van der Waals surface area contributed by atoms with Crippen LogP contribution in [0.15, 0.2) is 65.7 Å². The zero-order valence-electron chi connectivity index (χ0n) is 24.0. The third kappa shape index (κ3) is 6.39. The summed E-state index contributed by atoms with van der Waals surface area (Å²) >= 11 is 0. The molecule has 3 aromatic rings. The third-order valence-corrected chi connectivity index (χ3v) is 11.0. The number of fused-ring (bicyclic) bond motifs is 2. The van der Waals surface area contributed by atoms with E-state index in [9.17, 15) is 26.4 Å². The molecule has 2 aromatic carbocycles. The Morgan fingerprint density at radius 2 is 1.72 bits per heavy atom. The standard InChI is InChI=1S/C32H37F3N4O3S/c33-32(34,35)27-7-2-3-9-30(27)43(41,42)39-18-17-38-16-6-8-28(38)29(39)21-31(40)36-26-13-12-24-19-23(10-11-25(24)20-26)22-37-14-4-1-5-15-37/h2-3,6-11,16,19,26,29H,1,4-5,12-15,17-18,20-22H2,(H,36,40). The molecule has 0 spiro atoms. The third-order valence-electron chi connectivity index (χ3n) is 8.99. The van der Waals surface area contributed by atoms with Gasteiger partial charge in [0.2, 0.25) is 15.9 Å². The number of carbonyl (C=O) groups is 1. The summed E-state index contributed by atoms with van der Waals surface area (Å²) in [6, 6.07) is 13.3. The Balaban J connectivity index is 1.16. The maximum Gasteiger partial charge on any atom is 0.417 e. The van der Waals surface area contributed by atoms with Gasteiger partial charge in [-0.3, -0.25) is 9.69 Å². The first-order valence-electron chi connectivity index (χ1n) is 15.0. The van der Waals surface area contributed by atoms with E-state index in [-0.39, 0.29) is 31.5 Å². The summed E-state index contributed by atoms with van der Waals surface area (Å²) in [5, 5.41) is 3.10. The van der Waals surface area contributed by atoms with Gasteiger partial charge in [-0.05, 0) is 86.1 Å². The van der Waals surface area contributed by atoms with Crippen molar-refractivity contribution in [3.63, 3.8) is 0 Å². The van der Waals surface area contributed by atoms with E-state index in [2.05, 4.69) is 28.4 Å². The molecule has 1 aromatic heterocycles. The van der Waals surface area contributed by atoms with Crippen LogP contribution in [0.4, 0.5) is 13.2 Å². The second-order valence-electron chi connectivity index (χ2n) is 11.9. The van der Waals surface area contributed by atoms with E-state index >= 15 is 0 Å². The number of alkyl halides is 3. The first kappa shape index (κ1) is 29.9. The largest absolute Gasteiger partial charge is 0.417 e. The van der Waals surface area contributed by atoms with Crippen LogP contribution in [0.2, 0.25) is 0 Å². The number of amides is 1. The smallest absolute Gasteiger partial charge is 0.353 e. The molecule has 43 heavy (non-hydrogen) atoms. The zero-order valence-corrected chi connectivity index (χ0v) is 24.8. The van der Waals surface area contributed by atoms with Crippen molar-refractivity contribution in [2.45, 2.75) is 81.2 Å². The highest BCUT2D eigenvalue weighted by atomic mass is 32.2. The minimum absolute atomic E-state index is 0.0370. The van der Waals surface area contributed by atoms with Gasteiger partial charge in [0, 0.05) is 44.0 Å². The van der Waals surface area contributed by atoms with Gasteiger partial charge in [0.05, 0.1) is 16.5 Å². The first-order chi connectivity index (χ1) is 20.6. The Labute approximate surface area is 250 Å². The molecule has 1 N–H and O–H groups in total. The minimum Gasteiger partial charge on any atom is -0.353 e. The lowest BCUT2D eigenvalue weighted by Gasteiger charge is -2.36. The van der Waals surface area contributed by atoms with Crippen LogP contribution in [0.1, 0.15) is 66.1 Å². The zero-order chi connectivity index (χ0) is 30.2. The number of sulfonamides is 1. The maximum absolute atomic E-state index is 13.8. The van der Waals surface area contributed by atoms with E-state index in [4.69, 9.17) is 0 Å². The molecule has 2 aliphatic heterocycles. The predicted octanol–water partition coefficient (Wildman–Crippen LogP) is 5.30. The van der Waals surface area contributed by atoms with Gasteiger partial charge in [-0.25, -0.2) is 8.42 Å². The quantitative estimate of drug-likeness (QED) is 0.392. The van der Waals surface area contributed by atoms with E-state index in [0.717, 1.165) is 48.9 Å². The lowest BCUT2D eigenvalue weighted by atomic mass is 9.87. The van der Waals surface area contributed by atoms with Gasteiger partial charge >= 0.3 is 6.18 Å². The lowest BCUT2D eigenvalue weighted by Crippen LogP contribution is -2.45. The number of carbonyl (C=O) groups excluding carboxylic acids is 1. The van der Waals surface area contributed by atoms with Crippen LogP contribution in [0, 0.1) is 0 Å². The Bertz CT molecular complexity index is 1580. The molecule has 0 saturated carbocycles. The highest BCUT2D eigenvalue weighted by molar-refractivity contribution is 7.89. The fourth-order valence-electron chi connectivity index (χ4n) is 6.86. The molecule has 3 heterocycles. The van der Waals surface area contributed by atoms with Crippen LogP contribution >= 0.6 is 0 Å². The van der Waals surface area contributed by atoms with E-state index < -0.39 is 32.7 Å². The van der Waals surface area contributed by atoms with Crippen molar-refractivity contribution < 1.29 is 26.4 Å². The molecule has 1 saturated heterocycles. The summed E-state index contributed by atoms with van der Waals surface area (Å²) in [6.45, 7) is 3.50. The number of benzene rings is 2. The molecule has 0 bridgehead atoms. The normalized spacial score (nSPS) is 21.7. The monoisotopic (exact) mass is 614 g/mol. The van der Waals surface area contributed by atoms with Gasteiger partial charge in [-0.1, -0.05) is 36.8 Å². The number of aromatic nitrogens is 1. The number of hydrogen-bond acceptors (Lipinski definition) is 4. The average Bonchev–Trinajstić information content (AvgIpc) is 3.47. The highest BCUT2D eigenvalue weighted by Gasteiger charge is 2.43. The number of nitrogens with one attached hydrogen (secondary N) is 1. The number of halogens is 3. The Morgan fingerprint density at radius 3 is 2.51 bits per heavy atom. The predicted molar refractivity (Wildman–Crippen MR) is 157 cm³/mol. The van der Waals surface area contributed by atoms with Crippen LogP contribution in [-0.4, -0.2) is 53.8 Å². The van der Waals surface area contributed by atoms with Crippen molar-refractivity contribution in [3.05, 3.63) is 88.7 Å². The average molecular weight is 615 g/mol. The van der Waals surface area contributed by atoms with E-state index in [1.54, 1.807) is 18.3 Å². The number of piperidine rings is 1. The molecular weight excluding hydrogens is 577 g/mol. The molecule has 6 rings (SSSR count). The Morgan fingerprint density at radius 1 is 0.930 bits per heavy atom. The van der Waals surface area contributed by atoms with Gasteiger partial charge in [0.1, 0.15) is 0 Å². The lowest BCUT2D eigenvalue weighted by molar-refractivity contribution is -0.140. The molecule has 0 radical (unpaired) electrons. The molecule has 230 valence electrons. The summed E-state index contributed by atoms with van der Waals surface area (Å²) in [6.07, 6.45) is 2.89. The number of likely N-dealkylation sites (tertiary alicyclic amines) is 1. The van der Waals surface area contributed by atoms with E-state index in [1.807, 2.05) is 4.57 Å². The van der Waals surface area contributed by atoms with Crippen molar-refractivity contribution in [1.82, 2.24) is 19.1 Å². The molecule has 2 atom stereocenters. The van der Waals surface area contributed by atoms with Crippen LogP contribution in [-0.2, 0) is 46.9 Å². The molecule has 7 nitrogen and oxygen atoms in total. The first-order valence-corrected chi connectivity index (χ1v) is 16.5. The molecule has 3 aliphatic rings. The van der Waals surface area contributed by atoms with Gasteiger partial charge in [0.25, 0.3) is 0 Å². The molecule has 1 amide bonds. The molecule has 2 unspecified atom stereocenters. The van der Waals surface area contributed by atoms with Crippen LogP contribution in [0.5, 0.6) is 0 Å². The summed E-state index contributed by atoms with van der Waals surface area (Å²) in [5.41, 5.74) is 3.21. The topological polar surface area (TPSA) is 74.6 Å². The number of hydrogen-bond donors (Lipinski definition) is 1. The van der Waals surface area contributed by atoms with Gasteiger partial charge < -0.3 is 9.88 Å². The van der Waals surface area contributed by atoms with Gasteiger partial charge in [-0.2, -0.15) is 17.5 Å². The number of nitrogens with zero attached hydrogens (tertiary/aromatic N) is 3. The molecular formula is C32H37F3N4O3S. The fraction of sp³-hybridized carbons (Fsp3) is 0.469. The summed E-state index contributed by atoms with van der Waals surface area (Å²) in [7, 11) is -4.56. The van der Waals surface area contributed by atoms with Crippen molar-refractivity contribution >= 4 is 15.9 Å². The number of aryl methyl sites for hydroxylation is 1. The van der Waals surface area contributed by atoms with Crippen molar-refractivity contribution in [2.75, 3.05) is 19.6 Å².